The van der Waals surface area contributed by atoms with E-state index in [4.69, 9.17) is 0 Å². The number of aromatic carboxylic acids is 1. The molecule has 6 heteroatoms. The van der Waals surface area contributed by atoms with Crippen molar-refractivity contribution in [1.29, 1.82) is 0 Å². The van der Waals surface area contributed by atoms with Crippen LogP contribution in [0.3, 0.4) is 0 Å². The van der Waals surface area contributed by atoms with Crippen molar-refractivity contribution in [1.82, 2.24) is 10.6 Å². The second-order valence-electron chi connectivity index (χ2n) is 5.15. The molecule has 1 aromatic carbocycles. The Morgan fingerprint density at radius 1 is 1.43 bits per heavy atom. The summed E-state index contributed by atoms with van der Waals surface area (Å²) in [5.74, 6) is -0.795. The standard InChI is InChI=1S/C15H16N2O3S/c18-13-6-5-9(17-13)7-16-8-11-10-3-1-2-4-12(10)21-14(11)15(19)20/h1-4,9,16H,5-8H2,(H,17,18)(H,19,20). The Morgan fingerprint density at radius 3 is 2.95 bits per heavy atom. The first-order valence-corrected chi connectivity index (χ1v) is 7.70. The molecule has 1 saturated heterocycles. The van der Waals surface area contributed by atoms with Gasteiger partial charge in [0, 0.05) is 30.3 Å². The molecule has 0 radical (unpaired) electrons. The molecule has 1 aliphatic rings. The summed E-state index contributed by atoms with van der Waals surface area (Å²) in [6, 6.07) is 7.87. The highest BCUT2D eigenvalue weighted by Gasteiger charge is 2.21. The molecule has 21 heavy (non-hydrogen) atoms. The molecule has 3 N–H and O–H groups in total. The molecule has 1 amide bonds. The summed E-state index contributed by atoms with van der Waals surface area (Å²) in [6.07, 6.45) is 1.41. The maximum absolute atomic E-state index is 11.4. The minimum absolute atomic E-state index is 0.0917. The third-order valence-corrected chi connectivity index (χ3v) is 4.87. The molecule has 0 bridgehead atoms. The number of carbonyl (C=O) groups excluding carboxylic acids is 1. The van der Waals surface area contributed by atoms with Gasteiger partial charge in [-0.05, 0) is 23.4 Å². The van der Waals surface area contributed by atoms with Crippen molar-refractivity contribution in [3.63, 3.8) is 0 Å². The Hall–Kier alpha value is -1.92. The van der Waals surface area contributed by atoms with Crippen LogP contribution in [0.4, 0.5) is 0 Å². The van der Waals surface area contributed by atoms with Crippen molar-refractivity contribution in [2.24, 2.45) is 0 Å². The summed E-state index contributed by atoms with van der Waals surface area (Å²) in [4.78, 5) is 22.9. The lowest BCUT2D eigenvalue weighted by Crippen LogP contribution is -2.35. The third-order valence-electron chi connectivity index (χ3n) is 3.67. The Morgan fingerprint density at radius 2 is 2.24 bits per heavy atom. The average Bonchev–Trinajstić information content (AvgIpc) is 3.03. The summed E-state index contributed by atoms with van der Waals surface area (Å²) in [5, 5.41) is 16.5. The molecule has 110 valence electrons. The zero-order chi connectivity index (χ0) is 14.8. The smallest absolute Gasteiger partial charge is 0.346 e. The molecule has 1 fully saturated rings. The highest BCUT2D eigenvalue weighted by Crippen LogP contribution is 2.31. The van der Waals surface area contributed by atoms with E-state index in [1.807, 2.05) is 24.3 Å². The van der Waals surface area contributed by atoms with E-state index in [2.05, 4.69) is 10.6 Å². The summed E-state index contributed by atoms with van der Waals surface area (Å²) in [6.45, 7) is 1.16. The van der Waals surface area contributed by atoms with E-state index in [-0.39, 0.29) is 11.9 Å². The number of hydrogen-bond donors (Lipinski definition) is 3. The van der Waals surface area contributed by atoms with Crippen molar-refractivity contribution < 1.29 is 14.7 Å². The van der Waals surface area contributed by atoms with E-state index < -0.39 is 5.97 Å². The SMILES string of the molecule is O=C1CCC(CNCc2c(C(=O)O)sc3ccccc23)N1. The Labute approximate surface area is 126 Å². The number of carboxylic acid groups (broad SMARTS) is 1. The van der Waals surface area contributed by atoms with Crippen LogP contribution in [0, 0.1) is 0 Å². The van der Waals surface area contributed by atoms with Crippen LogP contribution in [0.25, 0.3) is 10.1 Å². The van der Waals surface area contributed by atoms with E-state index in [1.165, 1.54) is 11.3 Å². The van der Waals surface area contributed by atoms with Gasteiger partial charge < -0.3 is 15.7 Å². The Balaban J connectivity index is 1.74. The van der Waals surface area contributed by atoms with Gasteiger partial charge in [0.05, 0.1) is 0 Å². The zero-order valence-corrected chi connectivity index (χ0v) is 12.2. The fourth-order valence-electron chi connectivity index (χ4n) is 2.65. The van der Waals surface area contributed by atoms with Crippen molar-refractivity contribution in [2.45, 2.75) is 25.4 Å². The fourth-order valence-corrected chi connectivity index (χ4v) is 3.71. The average molecular weight is 304 g/mol. The van der Waals surface area contributed by atoms with Gasteiger partial charge in [-0.25, -0.2) is 4.79 Å². The molecule has 0 aliphatic carbocycles. The molecule has 0 spiro atoms. The van der Waals surface area contributed by atoms with Gasteiger partial charge in [-0.15, -0.1) is 11.3 Å². The van der Waals surface area contributed by atoms with Gasteiger partial charge in [0.25, 0.3) is 0 Å². The summed E-state index contributed by atoms with van der Waals surface area (Å²) in [5.41, 5.74) is 0.826. The molecule has 2 heterocycles. The van der Waals surface area contributed by atoms with Crippen LogP contribution >= 0.6 is 11.3 Å². The molecule has 5 nitrogen and oxygen atoms in total. The number of hydrogen-bond acceptors (Lipinski definition) is 4. The largest absolute Gasteiger partial charge is 0.477 e. The number of benzene rings is 1. The lowest BCUT2D eigenvalue weighted by molar-refractivity contribution is -0.119. The van der Waals surface area contributed by atoms with Crippen LogP contribution in [0.15, 0.2) is 24.3 Å². The Kier molecular flexibility index (Phi) is 3.90. The molecule has 1 aromatic heterocycles. The van der Waals surface area contributed by atoms with Crippen LogP contribution in [-0.2, 0) is 11.3 Å². The summed E-state index contributed by atoms with van der Waals surface area (Å²) < 4.78 is 0.987. The van der Waals surface area contributed by atoms with Crippen LogP contribution in [0.5, 0.6) is 0 Å². The fraction of sp³-hybridized carbons (Fsp3) is 0.333. The third kappa shape index (κ3) is 2.91. The van der Waals surface area contributed by atoms with Crippen LogP contribution in [0.2, 0.25) is 0 Å². The highest BCUT2D eigenvalue weighted by molar-refractivity contribution is 7.21. The van der Waals surface area contributed by atoms with Gasteiger partial charge in [-0.2, -0.15) is 0 Å². The first-order valence-electron chi connectivity index (χ1n) is 6.89. The van der Waals surface area contributed by atoms with E-state index >= 15 is 0 Å². The lowest BCUT2D eigenvalue weighted by atomic mass is 10.1. The lowest BCUT2D eigenvalue weighted by Gasteiger charge is -2.11. The van der Waals surface area contributed by atoms with Crippen molar-refractivity contribution >= 4 is 33.3 Å². The van der Waals surface area contributed by atoms with Crippen molar-refractivity contribution in [2.75, 3.05) is 6.54 Å². The minimum atomic E-state index is -0.887. The first-order chi connectivity index (χ1) is 10.1. The molecule has 3 rings (SSSR count). The predicted octanol–water partition coefficient (Wildman–Crippen LogP) is 1.97. The van der Waals surface area contributed by atoms with Crippen LogP contribution < -0.4 is 10.6 Å². The monoisotopic (exact) mass is 304 g/mol. The quantitative estimate of drug-likeness (QED) is 0.789. The van der Waals surface area contributed by atoms with E-state index in [9.17, 15) is 14.7 Å². The predicted molar refractivity (Wildman–Crippen MR) is 81.7 cm³/mol. The minimum Gasteiger partial charge on any atom is -0.477 e. The second kappa shape index (κ2) is 5.83. The van der Waals surface area contributed by atoms with Gasteiger partial charge >= 0.3 is 5.97 Å². The number of carbonyl (C=O) groups is 2. The van der Waals surface area contributed by atoms with Gasteiger partial charge in [-0.1, -0.05) is 18.2 Å². The summed E-state index contributed by atoms with van der Waals surface area (Å²) >= 11 is 1.31. The number of thiophene rings is 1. The van der Waals surface area contributed by atoms with Crippen LogP contribution in [-0.4, -0.2) is 29.6 Å². The maximum atomic E-state index is 11.4. The topological polar surface area (TPSA) is 78.4 Å². The highest BCUT2D eigenvalue weighted by atomic mass is 32.1. The normalized spacial score (nSPS) is 18.1. The van der Waals surface area contributed by atoms with Gasteiger partial charge in [0.15, 0.2) is 0 Å². The molecular formula is C15H16N2O3S. The van der Waals surface area contributed by atoms with E-state index in [0.717, 1.165) is 22.1 Å². The van der Waals surface area contributed by atoms with E-state index in [0.29, 0.717) is 24.4 Å². The number of amides is 1. The number of nitrogens with one attached hydrogen (secondary N) is 2. The van der Waals surface area contributed by atoms with E-state index in [1.54, 1.807) is 0 Å². The van der Waals surface area contributed by atoms with Gasteiger partial charge in [-0.3, -0.25) is 4.79 Å². The number of fused-ring (bicyclic) bond motifs is 1. The number of rotatable bonds is 5. The van der Waals surface area contributed by atoms with Crippen LogP contribution in [0.1, 0.15) is 28.1 Å². The molecule has 1 aliphatic heterocycles. The van der Waals surface area contributed by atoms with Crippen molar-refractivity contribution in [3.8, 4) is 0 Å². The molecular weight excluding hydrogens is 288 g/mol. The molecule has 1 unspecified atom stereocenters. The Bertz CT molecular complexity index is 695. The maximum Gasteiger partial charge on any atom is 0.346 e. The van der Waals surface area contributed by atoms with Crippen molar-refractivity contribution in [3.05, 3.63) is 34.7 Å². The molecule has 0 saturated carbocycles. The number of carboxylic acids is 1. The second-order valence-corrected chi connectivity index (χ2v) is 6.20. The van der Waals surface area contributed by atoms with Gasteiger partial charge in [0.2, 0.25) is 5.91 Å². The first kappa shape index (κ1) is 14.0. The zero-order valence-electron chi connectivity index (χ0n) is 11.4. The molecule has 2 aromatic rings. The summed E-state index contributed by atoms with van der Waals surface area (Å²) in [7, 11) is 0. The van der Waals surface area contributed by atoms with Gasteiger partial charge in [0.1, 0.15) is 4.88 Å². The molecule has 1 atom stereocenters.